The van der Waals surface area contributed by atoms with Gasteiger partial charge in [-0.05, 0) is 38.5 Å². The van der Waals surface area contributed by atoms with Crippen molar-refractivity contribution >= 4 is 11.8 Å². The minimum atomic E-state index is -0.0644. The fraction of sp³-hybridized carbons (Fsp3) is 0.625. The van der Waals surface area contributed by atoms with Crippen LogP contribution in [0.2, 0.25) is 0 Å². The second kappa shape index (κ2) is 6.42. The van der Waals surface area contributed by atoms with Crippen LogP contribution >= 0.6 is 0 Å². The summed E-state index contributed by atoms with van der Waals surface area (Å²) in [6.45, 7) is 1.54. The van der Waals surface area contributed by atoms with Gasteiger partial charge in [0.25, 0.3) is 5.91 Å². The standard InChI is InChI=1S/C16H22N4O2/c1-10(21)19-12-4-6-13(7-5-12)20-16(22)14-8-17-9-18-15(14)11-2-3-11/h8-9,11-13H,2-7H2,1H3,(H,19,21)(H,20,22). The SMILES string of the molecule is CC(=O)NC1CCC(NC(=O)c2cncnc2C2CC2)CC1. The third kappa shape index (κ3) is 3.61. The van der Waals surface area contributed by atoms with Gasteiger partial charge >= 0.3 is 0 Å². The largest absolute Gasteiger partial charge is 0.354 e. The maximum atomic E-state index is 12.5. The molecule has 0 atom stereocenters. The van der Waals surface area contributed by atoms with E-state index in [-0.39, 0.29) is 23.9 Å². The van der Waals surface area contributed by atoms with E-state index >= 15 is 0 Å². The highest BCUT2D eigenvalue weighted by molar-refractivity contribution is 5.95. The maximum absolute atomic E-state index is 12.5. The fourth-order valence-electron chi connectivity index (χ4n) is 3.13. The molecular formula is C16H22N4O2. The average Bonchev–Trinajstić information content (AvgIpc) is 3.33. The molecule has 1 aromatic heterocycles. The molecule has 0 spiro atoms. The van der Waals surface area contributed by atoms with E-state index in [1.54, 1.807) is 13.1 Å². The van der Waals surface area contributed by atoms with Crippen LogP contribution in [0.4, 0.5) is 0 Å². The molecule has 22 heavy (non-hydrogen) atoms. The van der Waals surface area contributed by atoms with Crippen molar-refractivity contribution in [1.29, 1.82) is 0 Å². The Bertz CT molecular complexity index is 563. The normalized spacial score (nSPS) is 24.6. The van der Waals surface area contributed by atoms with E-state index in [2.05, 4.69) is 20.6 Å². The first-order valence-corrected chi connectivity index (χ1v) is 8.01. The first-order valence-electron chi connectivity index (χ1n) is 8.01. The topological polar surface area (TPSA) is 84.0 Å². The Balaban J connectivity index is 1.56. The van der Waals surface area contributed by atoms with Crippen molar-refractivity contribution in [3.05, 3.63) is 23.8 Å². The second-order valence-electron chi connectivity index (χ2n) is 6.32. The molecule has 2 aliphatic rings. The molecule has 3 rings (SSSR count). The van der Waals surface area contributed by atoms with Crippen molar-refractivity contribution in [2.75, 3.05) is 0 Å². The van der Waals surface area contributed by atoms with Crippen LogP contribution in [0.5, 0.6) is 0 Å². The number of amides is 2. The summed E-state index contributed by atoms with van der Waals surface area (Å²) >= 11 is 0. The summed E-state index contributed by atoms with van der Waals surface area (Å²) in [6.07, 6.45) is 8.96. The Morgan fingerprint density at radius 3 is 2.27 bits per heavy atom. The van der Waals surface area contributed by atoms with Gasteiger partial charge in [0.1, 0.15) is 6.33 Å². The zero-order valence-electron chi connectivity index (χ0n) is 12.8. The third-order valence-corrected chi connectivity index (χ3v) is 4.42. The molecule has 2 aliphatic carbocycles. The summed E-state index contributed by atoms with van der Waals surface area (Å²) in [5.74, 6) is 0.382. The molecule has 2 amide bonds. The molecule has 6 nitrogen and oxygen atoms in total. The number of nitrogens with zero attached hydrogens (tertiary/aromatic N) is 2. The van der Waals surface area contributed by atoms with E-state index in [1.807, 2.05) is 0 Å². The van der Waals surface area contributed by atoms with Gasteiger partial charge in [0.05, 0.1) is 11.3 Å². The molecule has 6 heteroatoms. The molecule has 2 saturated carbocycles. The predicted octanol–water partition coefficient (Wildman–Crippen LogP) is 1.53. The first-order chi connectivity index (χ1) is 10.6. The van der Waals surface area contributed by atoms with Gasteiger partial charge in [-0.1, -0.05) is 0 Å². The predicted molar refractivity (Wildman–Crippen MR) is 81.3 cm³/mol. The van der Waals surface area contributed by atoms with Crippen LogP contribution in [-0.2, 0) is 4.79 Å². The minimum Gasteiger partial charge on any atom is -0.354 e. The Kier molecular flexibility index (Phi) is 4.36. The van der Waals surface area contributed by atoms with Gasteiger partial charge in [0, 0.05) is 31.1 Å². The van der Waals surface area contributed by atoms with Crippen LogP contribution < -0.4 is 10.6 Å². The highest BCUT2D eigenvalue weighted by Crippen LogP contribution is 2.40. The summed E-state index contributed by atoms with van der Waals surface area (Å²) in [6, 6.07) is 0.414. The van der Waals surface area contributed by atoms with Crippen LogP contribution in [0, 0.1) is 0 Å². The molecule has 0 aromatic carbocycles. The van der Waals surface area contributed by atoms with Crippen LogP contribution in [0.3, 0.4) is 0 Å². The molecule has 0 aliphatic heterocycles. The summed E-state index contributed by atoms with van der Waals surface area (Å²) in [7, 11) is 0. The van der Waals surface area contributed by atoms with Gasteiger partial charge < -0.3 is 10.6 Å². The molecular weight excluding hydrogens is 280 g/mol. The Hall–Kier alpha value is -1.98. The van der Waals surface area contributed by atoms with Gasteiger partial charge in [0.15, 0.2) is 0 Å². The molecule has 118 valence electrons. The molecule has 0 radical (unpaired) electrons. The molecule has 2 N–H and O–H groups in total. The zero-order chi connectivity index (χ0) is 15.5. The van der Waals surface area contributed by atoms with E-state index in [9.17, 15) is 9.59 Å². The Labute approximate surface area is 130 Å². The van der Waals surface area contributed by atoms with Crippen molar-refractivity contribution in [2.24, 2.45) is 0 Å². The lowest BCUT2D eigenvalue weighted by molar-refractivity contribution is -0.119. The Morgan fingerprint density at radius 1 is 1.05 bits per heavy atom. The summed E-state index contributed by atoms with van der Waals surface area (Å²) in [5, 5.41) is 6.05. The van der Waals surface area contributed by atoms with Gasteiger partial charge in [-0.2, -0.15) is 0 Å². The number of hydrogen-bond acceptors (Lipinski definition) is 4. The lowest BCUT2D eigenvalue weighted by Gasteiger charge is -2.29. The summed E-state index contributed by atoms with van der Waals surface area (Å²) < 4.78 is 0. The third-order valence-electron chi connectivity index (χ3n) is 4.42. The molecule has 0 unspecified atom stereocenters. The number of rotatable bonds is 4. The van der Waals surface area contributed by atoms with Gasteiger partial charge in [-0.15, -0.1) is 0 Å². The van der Waals surface area contributed by atoms with Crippen molar-refractivity contribution in [3.8, 4) is 0 Å². The smallest absolute Gasteiger partial charge is 0.254 e. The zero-order valence-corrected chi connectivity index (χ0v) is 12.8. The van der Waals surface area contributed by atoms with E-state index in [0.29, 0.717) is 11.5 Å². The minimum absolute atomic E-state index is 0.0167. The number of aromatic nitrogens is 2. The van der Waals surface area contributed by atoms with Crippen molar-refractivity contribution in [1.82, 2.24) is 20.6 Å². The number of nitrogens with one attached hydrogen (secondary N) is 2. The second-order valence-corrected chi connectivity index (χ2v) is 6.32. The summed E-state index contributed by atoms with van der Waals surface area (Å²) in [5.41, 5.74) is 1.51. The fourth-order valence-corrected chi connectivity index (χ4v) is 3.13. The molecule has 0 saturated heterocycles. The lowest BCUT2D eigenvalue weighted by atomic mass is 9.91. The Morgan fingerprint density at radius 2 is 1.68 bits per heavy atom. The molecule has 1 aromatic rings. The number of carbonyl (C=O) groups excluding carboxylic acids is 2. The summed E-state index contributed by atoms with van der Waals surface area (Å²) in [4.78, 5) is 31.8. The van der Waals surface area contributed by atoms with Crippen LogP contribution in [0.25, 0.3) is 0 Å². The highest BCUT2D eigenvalue weighted by atomic mass is 16.2. The van der Waals surface area contributed by atoms with E-state index < -0.39 is 0 Å². The average molecular weight is 302 g/mol. The first kappa shape index (κ1) is 14.9. The van der Waals surface area contributed by atoms with Gasteiger partial charge in [0.2, 0.25) is 5.91 Å². The van der Waals surface area contributed by atoms with E-state index in [4.69, 9.17) is 0 Å². The van der Waals surface area contributed by atoms with Gasteiger partial charge in [-0.3, -0.25) is 9.59 Å². The quantitative estimate of drug-likeness (QED) is 0.883. The van der Waals surface area contributed by atoms with E-state index in [0.717, 1.165) is 44.2 Å². The van der Waals surface area contributed by atoms with Gasteiger partial charge in [-0.25, -0.2) is 9.97 Å². The lowest BCUT2D eigenvalue weighted by Crippen LogP contribution is -2.43. The molecule has 0 bridgehead atoms. The van der Waals surface area contributed by atoms with Crippen molar-refractivity contribution in [3.63, 3.8) is 0 Å². The van der Waals surface area contributed by atoms with Crippen LogP contribution in [-0.4, -0.2) is 33.9 Å². The highest BCUT2D eigenvalue weighted by Gasteiger charge is 2.30. The van der Waals surface area contributed by atoms with Crippen molar-refractivity contribution < 1.29 is 9.59 Å². The van der Waals surface area contributed by atoms with Crippen LogP contribution in [0.1, 0.15) is 67.4 Å². The maximum Gasteiger partial charge on any atom is 0.254 e. The van der Waals surface area contributed by atoms with E-state index in [1.165, 1.54) is 6.33 Å². The molecule has 2 fully saturated rings. The number of hydrogen-bond donors (Lipinski definition) is 2. The molecule has 1 heterocycles. The number of carbonyl (C=O) groups is 2. The van der Waals surface area contributed by atoms with Crippen LogP contribution in [0.15, 0.2) is 12.5 Å². The monoisotopic (exact) mass is 302 g/mol. The van der Waals surface area contributed by atoms with Crippen molar-refractivity contribution in [2.45, 2.75) is 63.5 Å².